The number of carbonyl (C=O) groups is 1. The second-order valence-corrected chi connectivity index (χ2v) is 7.97. The van der Waals surface area contributed by atoms with Gasteiger partial charge >= 0.3 is 0 Å². The Morgan fingerprint density at radius 1 is 1.28 bits per heavy atom. The van der Waals surface area contributed by atoms with E-state index in [0.717, 1.165) is 19.2 Å². The van der Waals surface area contributed by atoms with Crippen LogP contribution in [0.1, 0.15) is 21.5 Å². The predicted molar refractivity (Wildman–Crippen MR) is 123 cm³/mol. The molecule has 0 aliphatic rings. The molecule has 0 unspecified atom stereocenters. The van der Waals surface area contributed by atoms with Gasteiger partial charge < -0.3 is 9.47 Å². The Morgan fingerprint density at radius 2 is 2.07 bits per heavy atom. The number of ether oxygens (including phenoxy) is 2. The van der Waals surface area contributed by atoms with Crippen LogP contribution >= 0.6 is 38.5 Å². The minimum Gasteiger partial charge on any atom is -0.493 e. The van der Waals surface area contributed by atoms with Crippen molar-refractivity contribution in [1.82, 2.24) is 10.4 Å². The van der Waals surface area contributed by atoms with Crippen LogP contribution in [-0.4, -0.2) is 24.2 Å². The standard InChI is InChI=1S/C21H17BrIN3O3/c1-28-19-10-15(11-25-26-21(27)16-3-2-8-24-12-16)9-18(23)20(19)29-13-14-4-6-17(22)7-5-14/h2-12H,13H2,1H3,(H,26,27)/b25-11-. The number of nitrogens with one attached hydrogen (secondary N) is 1. The van der Waals surface area contributed by atoms with E-state index in [2.05, 4.69) is 54.0 Å². The molecule has 29 heavy (non-hydrogen) atoms. The molecule has 0 saturated carbocycles. The number of hydrazone groups is 1. The highest BCUT2D eigenvalue weighted by Gasteiger charge is 2.12. The third kappa shape index (κ3) is 6.01. The lowest BCUT2D eigenvalue weighted by Gasteiger charge is -2.13. The number of carbonyl (C=O) groups excluding carboxylic acids is 1. The van der Waals surface area contributed by atoms with E-state index in [1.807, 2.05) is 30.3 Å². The smallest absolute Gasteiger partial charge is 0.272 e. The Morgan fingerprint density at radius 3 is 2.76 bits per heavy atom. The lowest BCUT2D eigenvalue weighted by atomic mass is 10.2. The Bertz CT molecular complexity index is 1010. The van der Waals surface area contributed by atoms with Crippen LogP contribution in [0, 0.1) is 3.57 Å². The van der Waals surface area contributed by atoms with Crippen molar-refractivity contribution in [2.45, 2.75) is 6.61 Å². The number of benzene rings is 2. The molecule has 0 aliphatic heterocycles. The molecule has 1 amide bonds. The molecule has 2 aromatic carbocycles. The van der Waals surface area contributed by atoms with Gasteiger partial charge in [0.25, 0.3) is 5.91 Å². The van der Waals surface area contributed by atoms with E-state index in [4.69, 9.17) is 9.47 Å². The average molecular weight is 566 g/mol. The van der Waals surface area contributed by atoms with Crippen molar-refractivity contribution in [3.63, 3.8) is 0 Å². The summed E-state index contributed by atoms with van der Waals surface area (Å²) in [4.78, 5) is 15.9. The molecule has 0 spiro atoms. The first-order chi connectivity index (χ1) is 14.1. The van der Waals surface area contributed by atoms with Crippen LogP contribution in [0.15, 0.2) is 70.5 Å². The number of pyridine rings is 1. The van der Waals surface area contributed by atoms with Gasteiger partial charge in [0.15, 0.2) is 11.5 Å². The minimum absolute atomic E-state index is 0.328. The fraction of sp³-hybridized carbons (Fsp3) is 0.0952. The number of aromatic nitrogens is 1. The third-order valence-corrected chi connectivity index (χ3v) is 5.18. The molecule has 1 N–H and O–H groups in total. The Hall–Kier alpha value is -2.46. The highest BCUT2D eigenvalue weighted by atomic mass is 127. The zero-order valence-corrected chi connectivity index (χ0v) is 19.2. The van der Waals surface area contributed by atoms with Gasteiger partial charge in [-0.05, 0) is 70.1 Å². The fourth-order valence-electron chi connectivity index (χ4n) is 2.42. The van der Waals surface area contributed by atoms with Gasteiger partial charge in [-0.1, -0.05) is 28.1 Å². The summed E-state index contributed by atoms with van der Waals surface area (Å²) < 4.78 is 13.3. The predicted octanol–water partition coefficient (Wildman–Crippen LogP) is 4.80. The molecular formula is C21H17BrIN3O3. The number of rotatable bonds is 7. The molecule has 148 valence electrons. The van der Waals surface area contributed by atoms with Crippen molar-refractivity contribution < 1.29 is 14.3 Å². The first-order valence-corrected chi connectivity index (χ1v) is 10.4. The highest BCUT2D eigenvalue weighted by molar-refractivity contribution is 14.1. The largest absolute Gasteiger partial charge is 0.493 e. The molecule has 8 heteroatoms. The molecule has 0 radical (unpaired) electrons. The zero-order chi connectivity index (χ0) is 20.6. The second kappa shape index (κ2) is 10.4. The van der Waals surface area contributed by atoms with E-state index in [9.17, 15) is 4.79 Å². The van der Waals surface area contributed by atoms with Crippen LogP contribution in [-0.2, 0) is 6.61 Å². The highest BCUT2D eigenvalue weighted by Crippen LogP contribution is 2.34. The maximum atomic E-state index is 12.0. The third-order valence-electron chi connectivity index (χ3n) is 3.85. The second-order valence-electron chi connectivity index (χ2n) is 5.89. The Balaban J connectivity index is 1.68. The van der Waals surface area contributed by atoms with Crippen LogP contribution in [0.4, 0.5) is 0 Å². The minimum atomic E-state index is -0.328. The SMILES string of the molecule is COc1cc(/C=N\NC(=O)c2cccnc2)cc(I)c1OCc1ccc(Br)cc1. The topological polar surface area (TPSA) is 72.8 Å². The Kier molecular flexibility index (Phi) is 7.59. The van der Waals surface area contributed by atoms with Crippen LogP contribution in [0.5, 0.6) is 11.5 Å². The van der Waals surface area contributed by atoms with Gasteiger partial charge in [0.2, 0.25) is 0 Å². The number of halogens is 2. The molecule has 0 saturated heterocycles. The maximum Gasteiger partial charge on any atom is 0.272 e. The van der Waals surface area contributed by atoms with Crippen molar-refractivity contribution in [2.24, 2.45) is 5.10 Å². The summed E-state index contributed by atoms with van der Waals surface area (Å²) >= 11 is 5.61. The average Bonchev–Trinajstić information content (AvgIpc) is 2.74. The van der Waals surface area contributed by atoms with Crippen molar-refractivity contribution in [3.8, 4) is 11.5 Å². The van der Waals surface area contributed by atoms with E-state index < -0.39 is 0 Å². The number of hydrogen-bond donors (Lipinski definition) is 1. The molecule has 6 nitrogen and oxygen atoms in total. The molecule has 1 aromatic heterocycles. The number of hydrogen-bond acceptors (Lipinski definition) is 5. The summed E-state index contributed by atoms with van der Waals surface area (Å²) in [5, 5.41) is 4.01. The van der Waals surface area contributed by atoms with Crippen molar-refractivity contribution >= 4 is 50.6 Å². The molecule has 3 rings (SSSR count). The van der Waals surface area contributed by atoms with Gasteiger partial charge in [0.1, 0.15) is 6.61 Å². The zero-order valence-electron chi connectivity index (χ0n) is 15.4. The van der Waals surface area contributed by atoms with E-state index in [-0.39, 0.29) is 5.91 Å². The van der Waals surface area contributed by atoms with Crippen molar-refractivity contribution in [2.75, 3.05) is 7.11 Å². The monoisotopic (exact) mass is 565 g/mol. The van der Waals surface area contributed by atoms with Crippen molar-refractivity contribution in [1.29, 1.82) is 0 Å². The normalized spacial score (nSPS) is 10.7. The molecule has 3 aromatic rings. The summed E-state index contributed by atoms with van der Waals surface area (Å²) in [7, 11) is 1.59. The van der Waals surface area contributed by atoms with Gasteiger partial charge in [0.05, 0.1) is 22.5 Å². The van der Waals surface area contributed by atoms with Crippen molar-refractivity contribution in [3.05, 3.63) is 85.7 Å². The lowest BCUT2D eigenvalue weighted by molar-refractivity contribution is 0.0955. The Labute approximate surface area is 190 Å². The van der Waals surface area contributed by atoms with E-state index in [1.165, 1.54) is 6.20 Å². The summed E-state index contributed by atoms with van der Waals surface area (Å²) in [6.07, 6.45) is 4.64. The number of amides is 1. The quantitative estimate of drug-likeness (QED) is 0.254. The number of nitrogens with zero attached hydrogens (tertiary/aromatic N) is 2. The molecule has 1 heterocycles. The summed E-state index contributed by atoms with van der Waals surface area (Å²) in [5.74, 6) is 0.923. The van der Waals surface area contributed by atoms with Gasteiger partial charge in [-0.25, -0.2) is 5.43 Å². The summed E-state index contributed by atoms with van der Waals surface area (Å²) in [6.45, 7) is 0.425. The van der Waals surface area contributed by atoms with Gasteiger partial charge in [-0.2, -0.15) is 5.10 Å². The van der Waals surface area contributed by atoms with Crippen LogP contribution in [0.3, 0.4) is 0 Å². The first kappa shape index (κ1) is 21.3. The first-order valence-electron chi connectivity index (χ1n) is 8.55. The lowest BCUT2D eigenvalue weighted by Crippen LogP contribution is -2.17. The molecule has 0 aliphatic carbocycles. The van der Waals surface area contributed by atoms with E-state index in [0.29, 0.717) is 23.7 Å². The summed E-state index contributed by atoms with van der Waals surface area (Å²) in [5.41, 5.74) is 4.74. The van der Waals surface area contributed by atoms with Crippen LogP contribution in [0.25, 0.3) is 0 Å². The van der Waals surface area contributed by atoms with E-state index >= 15 is 0 Å². The molecule has 0 fully saturated rings. The van der Waals surface area contributed by atoms with Gasteiger partial charge in [-0.3, -0.25) is 9.78 Å². The van der Waals surface area contributed by atoms with Crippen LogP contribution in [0.2, 0.25) is 0 Å². The fourth-order valence-corrected chi connectivity index (χ4v) is 3.46. The van der Waals surface area contributed by atoms with Gasteiger partial charge in [-0.15, -0.1) is 0 Å². The van der Waals surface area contributed by atoms with Crippen LogP contribution < -0.4 is 14.9 Å². The molecular weight excluding hydrogens is 549 g/mol. The molecule has 0 bridgehead atoms. The van der Waals surface area contributed by atoms with Gasteiger partial charge in [0, 0.05) is 16.9 Å². The number of methoxy groups -OCH3 is 1. The maximum absolute atomic E-state index is 12.0. The summed E-state index contributed by atoms with van der Waals surface area (Å²) in [6, 6.07) is 15.0. The molecule has 0 atom stereocenters. The van der Waals surface area contributed by atoms with E-state index in [1.54, 1.807) is 37.7 Å².